The van der Waals surface area contributed by atoms with Crippen LogP contribution in [0.4, 0.5) is 0 Å². The molecule has 1 aliphatic rings. The zero-order valence-corrected chi connectivity index (χ0v) is 9.48. The van der Waals surface area contributed by atoms with Crippen molar-refractivity contribution in [3.05, 3.63) is 24.2 Å². The predicted molar refractivity (Wildman–Crippen MR) is 59.0 cm³/mol. The SMILES string of the molecule is CN(Cc1ccoc1)CC1(CC(=O)O)CC1. The Morgan fingerprint density at radius 2 is 2.38 bits per heavy atom. The molecule has 2 rings (SSSR count). The minimum Gasteiger partial charge on any atom is -0.481 e. The van der Waals surface area contributed by atoms with Crippen LogP contribution in [0.2, 0.25) is 0 Å². The molecule has 1 fully saturated rings. The zero-order valence-electron chi connectivity index (χ0n) is 9.48. The van der Waals surface area contributed by atoms with Crippen molar-refractivity contribution in [2.45, 2.75) is 25.8 Å². The van der Waals surface area contributed by atoms with Crippen molar-refractivity contribution in [1.29, 1.82) is 0 Å². The number of hydrogen-bond acceptors (Lipinski definition) is 3. The molecule has 0 unspecified atom stereocenters. The van der Waals surface area contributed by atoms with Crippen molar-refractivity contribution in [2.75, 3.05) is 13.6 Å². The lowest BCUT2D eigenvalue weighted by molar-refractivity contribution is -0.138. The van der Waals surface area contributed by atoms with Crippen LogP contribution in [0, 0.1) is 5.41 Å². The average Bonchev–Trinajstić information content (AvgIpc) is 2.74. The molecule has 0 radical (unpaired) electrons. The lowest BCUT2D eigenvalue weighted by atomic mass is 10.0. The lowest BCUT2D eigenvalue weighted by Gasteiger charge is -2.21. The number of nitrogens with zero attached hydrogens (tertiary/aromatic N) is 1. The topological polar surface area (TPSA) is 53.7 Å². The molecule has 0 aliphatic heterocycles. The predicted octanol–water partition coefficient (Wildman–Crippen LogP) is 1.97. The van der Waals surface area contributed by atoms with E-state index in [2.05, 4.69) is 4.90 Å². The van der Waals surface area contributed by atoms with Crippen molar-refractivity contribution in [3.63, 3.8) is 0 Å². The fourth-order valence-electron chi connectivity index (χ4n) is 2.21. The molecule has 1 heterocycles. The van der Waals surface area contributed by atoms with Gasteiger partial charge in [0.2, 0.25) is 0 Å². The van der Waals surface area contributed by atoms with Gasteiger partial charge in [0.15, 0.2) is 0 Å². The van der Waals surface area contributed by atoms with E-state index in [1.54, 1.807) is 12.5 Å². The summed E-state index contributed by atoms with van der Waals surface area (Å²) in [5.74, 6) is -0.686. The Morgan fingerprint density at radius 3 is 2.88 bits per heavy atom. The molecule has 4 heteroatoms. The highest BCUT2D eigenvalue weighted by Crippen LogP contribution is 2.49. The fraction of sp³-hybridized carbons (Fsp3) is 0.583. The van der Waals surface area contributed by atoms with Gasteiger partial charge in [-0.1, -0.05) is 0 Å². The molecule has 0 aromatic carbocycles. The Hall–Kier alpha value is -1.29. The quantitative estimate of drug-likeness (QED) is 0.801. The van der Waals surface area contributed by atoms with Gasteiger partial charge in [-0.2, -0.15) is 0 Å². The molecule has 1 saturated carbocycles. The van der Waals surface area contributed by atoms with Crippen molar-refractivity contribution in [2.24, 2.45) is 5.41 Å². The summed E-state index contributed by atoms with van der Waals surface area (Å²) >= 11 is 0. The number of hydrogen-bond donors (Lipinski definition) is 1. The first kappa shape index (κ1) is 11.2. The van der Waals surface area contributed by atoms with Crippen molar-refractivity contribution < 1.29 is 14.3 Å². The molecule has 1 aliphatic carbocycles. The summed E-state index contributed by atoms with van der Waals surface area (Å²) in [6, 6.07) is 1.94. The van der Waals surface area contributed by atoms with Gasteiger partial charge in [-0.15, -0.1) is 0 Å². The molecule has 1 aromatic heterocycles. The molecule has 4 nitrogen and oxygen atoms in total. The van der Waals surface area contributed by atoms with Gasteiger partial charge >= 0.3 is 5.97 Å². The number of rotatable bonds is 6. The van der Waals surface area contributed by atoms with Crippen LogP contribution in [-0.4, -0.2) is 29.6 Å². The third-order valence-corrected chi connectivity index (χ3v) is 3.12. The van der Waals surface area contributed by atoms with Crippen LogP contribution in [0.25, 0.3) is 0 Å². The van der Waals surface area contributed by atoms with E-state index in [1.807, 2.05) is 13.1 Å². The third-order valence-electron chi connectivity index (χ3n) is 3.12. The number of carbonyl (C=O) groups is 1. The highest BCUT2D eigenvalue weighted by Gasteiger charge is 2.44. The zero-order chi connectivity index (χ0) is 11.6. The summed E-state index contributed by atoms with van der Waals surface area (Å²) in [7, 11) is 2.02. The summed E-state index contributed by atoms with van der Waals surface area (Å²) in [6.45, 7) is 1.67. The Labute approximate surface area is 94.9 Å². The van der Waals surface area contributed by atoms with Crippen molar-refractivity contribution in [1.82, 2.24) is 4.90 Å². The van der Waals surface area contributed by atoms with Gasteiger partial charge in [0, 0.05) is 18.7 Å². The van der Waals surface area contributed by atoms with E-state index in [4.69, 9.17) is 9.52 Å². The van der Waals surface area contributed by atoms with Gasteiger partial charge in [-0.25, -0.2) is 0 Å². The largest absolute Gasteiger partial charge is 0.481 e. The van der Waals surface area contributed by atoms with E-state index in [9.17, 15) is 4.79 Å². The van der Waals surface area contributed by atoms with Gasteiger partial charge in [0.25, 0.3) is 0 Å². The first-order valence-corrected chi connectivity index (χ1v) is 5.51. The normalized spacial score (nSPS) is 17.6. The Morgan fingerprint density at radius 1 is 1.62 bits per heavy atom. The van der Waals surface area contributed by atoms with E-state index in [0.29, 0.717) is 6.42 Å². The summed E-state index contributed by atoms with van der Waals surface area (Å²) in [5, 5.41) is 8.83. The van der Waals surface area contributed by atoms with Crippen molar-refractivity contribution >= 4 is 5.97 Å². The monoisotopic (exact) mass is 223 g/mol. The first-order chi connectivity index (χ1) is 7.60. The van der Waals surface area contributed by atoms with E-state index in [1.165, 1.54) is 0 Å². The molecule has 0 spiro atoms. The minimum absolute atomic E-state index is 0.0321. The van der Waals surface area contributed by atoms with E-state index in [-0.39, 0.29) is 5.41 Å². The van der Waals surface area contributed by atoms with Gasteiger partial charge < -0.3 is 14.4 Å². The minimum atomic E-state index is -0.686. The second-order valence-corrected chi connectivity index (χ2v) is 4.87. The van der Waals surface area contributed by atoms with E-state index in [0.717, 1.165) is 31.5 Å². The molecular formula is C12H17NO3. The first-order valence-electron chi connectivity index (χ1n) is 5.51. The fourth-order valence-corrected chi connectivity index (χ4v) is 2.21. The number of furan rings is 1. The van der Waals surface area contributed by atoms with Gasteiger partial charge in [-0.3, -0.25) is 4.79 Å². The van der Waals surface area contributed by atoms with Gasteiger partial charge in [-0.05, 0) is 31.4 Å². The maximum absolute atomic E-state index is 10.7. The number of aliphatic carboxylic acids is 1. The molecule has 0 atom stereocenters. The molecule has 0 amide bonds. The number of carboxylic acids is 1. The van der Waals surface area contributed by atoms with Crippen LogP contribution in [-0.2, 0) is 11.3 Å². The van der Waals surface area contributed by atoms with Crippen LogP contribution in [0.3, 0.4) is 0 Å². The van der Waals surface area contributed by atoms with Crippen LogP contribution in [0.15, 0.2) is 23.0 Å². The van der Waals surface area contributed by atoms with E-state index >= 15 is 0 Å². The average molecular weight is 223 g/mol. The molecule has 88 valence electrons. The lowest BCUT2D eigenvalue weighted by Crippen LogP contribution is -2.27. The molecule has 1 N–H and O–H groups in total. The molecule has 16 heavy (non-hydrogen) atoms. The second kappa shape index (κ2) is 4.29. The van der Waals surface area contributed by atoms with Crippen molar-refractivity contribution in [3.8, 4) is 0 Å². The Kier molecular flexibility index (Phi) is 3.01. The summed E-state index contributed by atoms with van der Waals surface area (Å²) < 4.78 is 5.00. The second-order valence-electron chi connectivity index (χ2n) is 4.87. The summed E-state index contributed by atoms with van der Waals surface area (Å²) in [4.78, 5) is 12.9. The Balaban J connectivity index is 1.83. The van der Waals surface area contributed by atoms with Crippen LogP contribution >= 0.6 is 0 Å². The van der Waals surface area contributed by atoms with Gasteiger partial charge in [0.05, 0.1) is 18.9 Å². The van der Waals surface area contributed by atoms with Crippen LogP contribution < -0.4 is 0 Å². The molecule has 0 saturated heterocycles. The van der Waals surface area contributed by atoms with Gasteiger partial charge in [0.1, 0.15) is 0 Å². The highest BCUT2D eigenvalue weighted by atomic mass is 16.4. The summed E-state index contributed by atoms with van der Waals surface area (Å²) in [5.41, 5.74) is 1.17. The summed E-state index contributed by atoms with van der Waals surface area (Å²) in [6.07, 6.45) is 5.76. The smallest absolute Gasteiger partial charge is 0.303 e. The van der Waals surface area contributed by atoms with Crippen LogP contribution in [0.5, 0.6) is 0 Å². The van der Waals surface area contributed by atoms with E-state index < -0.39 is 5.97 Å². The molecule has 0 bridgehead atoms. The maximum Gasteiger partial charge on any atom is 0.303 e. The van der Waals surface area contributed by atoms with Crippen LogP contribution in [0.1, 0.15) is 24.8 Å². The standard InChI is InChI=1S/C12H17NO3/c1-13(7-10-2-5-16-8-10)9-12(3-4-12)6-11(14)15/h2,5,8H,3-4,6-7,9H2,1H3,(H,14,15). The number of carboxylic acid groups (broad SMARTS) is 1. The maximum atomic E-state index is 10.7. The Bertz CT molecular complexity index is 354. The molecular weight excluding hydrogens is 206 g/mol. The molecule has 1 aromatic rings. The third kappa shape index (κ3) is 2.85. The highest BCUT2D eigenvalue weighted by molar-refractivity contribution is 5.68.